The smallest absolute Gasteiger partial charge is 0.335 e. The minimum Gasteiger partial charge on any atom is -0.490 e. The summed E-state index contributed by atoms with van der Waals surface area (Å²) in [5.41, 5.74) is 1.66. The van der Waals surface area contributed by atoms with E-state index in [4.69, 9.17) is 9.47 Å². The molecule has 1 amide bonds. The first-order valence-electron chi connectivity index (χ1n) is 14.6. The number of aromatic carboxylic acids is 1. The van der Waals surface area contributed by atoms with Gasteiger partial charge >= 0.3 is 5.97 Å². The number of sulfonamides is 1. The van der Waals surface area contributed by atoms with Gasteiger partial charge in [0.2, 0.25) is 10.0 Å². The Morgan fingerprint density at radius 2 is 1.86 bits per heavy atom. The van der Waals surface area contributed by atoms with Crippen molar-refractivity contribution in [1.29, 1.82) is 0 Å². The van der Waals surface area contributed by atoms with E-state index in [-0.39, 0.29) is 54.0 Å². The Bertz CT molecular complexity index is 1340. The molecule has 12 heteroatoms. The van der Waals surface area contributed by atoms with E-state index in [9.17, 15) is 28.2 Å². The molecule has 238 valence electrons. The van der Waals surface area contributed by atoms with E-state index in [0.717, 1.165) is 31.1 Å². The van der Waals surface area contributed by atoms with E-state index in [1.54, 1.807) is 48.2 Å². The second kappa shape index (κ2) is 15.5. The number of carbonyl (C=O) groups is 2. The van der Waals surface area contributed by atoms with Crippen LogP contribution in [0.2, 0.25) is 0 Å². The molecule has 0 unspecified atom stereocenters. The van der Waals surface area contributed by atoms with Crippen LogP contribution >= 0.6 is 0 Å². The van der Waals surface area contributed by atoms with Gasteiger partial charge in [-0.2, -0.15) is 0 Å². The number of aliphatic hydroxyl groups excluding tert-OH is 1. The van der Waals surface area contributed by atoms with Crippen LogP contribution in [0.1, 0.15) is 66.3 Å². The van der Waals surface area contributed by atoms with Gasteiger partial charge in [0, 0.05) is 37.8 Å². The van der Waals surface area contributed by atoms with E-state index < -0.39 is 22.0 Å². The molecule has 1 aliphatic heterocycles. The molecule has 0 aromatic heterocycles. The van der Waals surface area contributed by atoms with Crippen molar-refractivity contribution in [2.75, 3.05) is 44.3 Å². The van der Waals surface area contributed by atoms with Crippen molar-refractivity contribution < 1.29 is 37.7 Å². The normalized spacial score (nSPS) is 21.4. The Balaban J connectivity index is 1.89. The number of carbonyl (C=O) groups excluding carboxylic acids is 1. The van der Waals surface area contributed by atoms with Crippen molar-refractivity contribution in [2.45, 2.75) is 64.8 Å². The summed E-state index contributed by atoms with van der Waals surface area (Å²) < 4.78 is 38.8. The van der Waals surface area contributed by atoms with Crippen molar-refractivity contribution in [3.8, 4) is 5.75 Å². The first kappa shape index (κ1) is 34.3. The highest BCUT2D eigenvalue weighted by Crippen LogP contribution is 2.29. The monoisotopic (exact) mass is 619 g/mol. The Morgan fingerprint density at radius 1 is 1.16 bits per heavy atom. The molecule has 0 radical (unpaired) electrons. The Morgan fingerprint density at radius 3 is 2.49 bits per heavy atom. The molecule has 1 aliphatic rings. The number of carboxylic acid groups (broad SMARTS) is 1. The largest absolute Gasteiger partial charge is 0.490 e. The predicted molar refractivity (Wildman–Crippen MR) is 165 cm³/mol. The summed E-state index contributed by atoms with van der Waals surface area (Å²) in [6, 6.07) is 10.9. The summed E-state index contributed by atoms with van der Waals surface area (Å²) in [7, 11) is -1.61. The van der Waals surface area contributed by atoms with E-state index in [2.05, 4.69) is 9.62 Å². The van der Waals surface area contributed by atoms with Crippen molar-refractivity contribution in [2.24, 2.45) is 5.92 Å². The Kier molecular flexibility index (Phi) is 12.4. The number of amides is 1. The first-order chi connectivity index (χ1) is 20.3. The second-order valence-corrected chi connectivity index (χ2v) is 13.3. The molecule has 4 atom stereocenters. The summed E-state index contributed by atoms with van der Waals surface area (Å²) in [5, 5.41) is 19.3. The molecule has 0 saturated heterocycles. The lowest BCUT2D eigenvalue weighted by Gasteiger charge is -2.36. The standard InChI is InChI=1S/C31H45N3O8S/c1-21-17-34(22(2)20-35)30(36)27-16-26(32-43(5,39)40)13-14-28(27)42-23(3)8-6-7-15-41-29(21)19-33(4)18-24-9-11-25(12-10-24)31(37)38/h9-14,16,21-23,29,32,35H,6-8,15,17-20H2,1-5H3,(H,37,38)/t21-,22-,23-,29+/m0/s1. The fourth-order valence-corrected chi connectivity index (χ4v) is 5.65. The molecule has 0 bridgehead atoms. The van der Waals surface area contributed by atoms with Crippen LogP contribution < -0.4 is 9.46 Å². The molecule has 0 saturated carbocycles. The minimum atomic E-state index is -3.57. The number of carboxylic acids is 1. The third-order valence-corrected chi connectivity index (χ3v) is 8.11. The molecule has 1 heterocycles. The van der Waals surface area contributed by atoms with Gasteiger partial charge in [-0.05, 0) is 76.1 Å². The van der Waals surface area contributed by atoms with Gasteiger partial charge in [-0.25, -0.2) is 13.2 Å². The van der Waals surface area contributed by atoms with Gasteiger partial charge in [-0.1, -0.05) is 19.1 Å². The van der Waals surface area contributed by atoms with E-state index in [1.807, 2.05) is 20.9 Å². The molecule has 3 N–H and O–H groups in total. The van der Waals surface area contributed by atoms with Gasteiger partial charge in [-0.15, -0.1) is 0 Å². The molecule has 3 rings (SSSR count). The van der Waals surface area contributed by atoms with E-state index in [1.165, 1.54) is 6.07 Å². The number of hydrogen-bond donors (Lipinski definition) is 3. The van der Waals surface area contributed by atoms with Crippen molar-refractivity contribution in [3.63, 3.8) is 0 Å². The van der Waals surface area contributed by atoms with Crippen LogP contribution in [0, 0.1) is 5.92 Å². The number of ether oxygens (including phenoxy) is 2. The number of nitrogens with zero attached hydrogens (tertiary/aromatic N) is 2. The van der Waals surface area contributed by atoms with Crippen LogP contribution in [-0.2, 0) is 21.3 Å². The summed E-state index contributed by atoms with van der Waals surface area (Å²) in [6.07, 6.45) is 3.04. The zero-order chi connectivity index (χ0) is 31.7. The number of rotatable bonds is 9. The molecular weight excluding hydrogens is 574 g/mol. The van der Waals surface area contributed by atoms with Gasteiger partial charge in [-0.3, -0.25) is 14.4 Å². The quantitative estimate of drug-likeness (QED) is 0.383. The molecule has 0 spiro atoms. The zero-order valence-electron chi connectivity index (χ0n) is 25.7. The highest BCUT2D eigenvalue weighted by molar-refractivity contribution is 7.92. The van der Waals surface area contributed by atoms with Crippen molar-refractivity contribution in [1.82, 2.24) is 9.80 Å². The summed E-state index contributed by atoms with van der Waals surface area (Å²) in [4.78, 5) is 29.0. The number of anilines is 1. The highest BCUT2D eigenvalue weighted by Gasteiger charge is 2.30. The number of fused-ring (bicyclic) bond motifs is 1. The van der Waals surface area contributed by atoms with Crippen molar-refractivity contribution in [3.05, 3.63) is 59.2 Å². The lowest BCUT2D eigenvalue weighted by Crippen LogP contribution is -2.47. The Hall–Kier alpha value is -3.19. The molecular formula is C31H45N3O8S. The maximum absolute atomic E-state index is 14.1. The van der Waals surface area contributed by atoms with Gasteiger partial charge in [0.05, 0.1) is 42.2 Å². The third-order valence-electron chi connectivity index (χ3n) is 7.50. The molecule has 0 fully saturated rings. The number of aliphatic hydroxyl groups is 1. The maximum Gasteiger partial charge on any atom is 0.335 e. The number of benzene rings is 2. The second-order valence-electron chi connectivity index (χ2n) is 11.6. The zero-order valence-corrected chi connectivity index (χ0v) is 26.5. The average Bonchev–Trinajstić information content (AvgIpc) is 2.94. The van der Waals surface area contributed by atoms with Crippen LogP contribution in [0.5, 0.6) is 5.75 Å². The summed E-state index contributed by atoms with van der Waals surface area (Å²) >= 11 is 0. The van der Waals surface area contributed by atoms with Gasteiger partial charge < -0.3 is 24.6 Å². The average molecular weight is 620 g/mol. The van der Waals surface area contributed by atoms with Crippen LogP contribution in [0.15, 0.2) is 42.5 Å². The molecule has 2 aromatic rings. The Labute approximate surface area is 254 Å². The van der Waals surface area contributed by atoms with Gasteiger partial charge in [0.15, 0.2) is 0 Å². The van der Waals surface area contributed by atoms with Crippen LogP contribution in [0.25, 0.3) is 0 Å². The lowest BCUT2D eigenvalue weighted by molar-refractivity contribution is -0.0177. The molecule has 0 aliphatic carbocycles. The number of likely N-dealkylation sites (N-methyl/N-ethyl adjacent to an activating group) is 1. The predicted octanol–water partition coefficient (Wildman–Crippen LogP) is 3.68. The lowest BCUT2D eigenvalue weighted by atomic mass is 10.0. The van der Waals surface area contributed by atoms with E-state index >= 15 is 0 Å². The summed E-state index contributed by atoms with van der Waals surface area (Å²) in [5.74, 6) is -1.11. The molecule has 2 aromatic carbocycles. The minimum absolute atomic E-state index is 0.127. The third kappa shape index (κ3) is 10.5. The molecule has 43 heavy (non-hydrogen) atoms. The fourth-order valence-electron chi connectivity index (χ4n) is 5.10. The first-order valence-corrected chi connectivity index (χ1v) is 16.5. The van der Waals surface area contributed by atoms with E-state index in [0.29, 0.717) is 25.4 Å². The topological polar surface area (TPSA) is 146 Å². The van der Waals surface area contributed by atoms with Crippen LogP contribution in [0.3, 0.4) is 0 Å². The van der Waals surface area contributed by atoms with Gasteiger partial charge in [0.25, 0.3) is 5.91 Å². The van der Waals surface area contributed by atoms with Gasteiger partial charge in [0.1, 0.15) is 5.75 Å². The summed E-state index contributed by atoms with van der Waals surface area (Å²) in [6.45, 7) is 7.42. The number of hydrogen-bond acceptors (Lipinski definition) is 8. The van der Waals surface area contributed by atoms with Crippen LogP contribution in [-0.4, -0.2) is 98.2 Å². The number of nitrogens with one attached hydrogen (secondary N) is 1. The van der Waals surface area contributed by atoms with Crippen molar-refractivity contribution >= 4 is 27.6 Å². The molecule has 11 nitrogen and oxygen atoms in total. The fraction of sp³-hybridized carbons (Fsp3) is 0.548. The highest BCUT2D eigenvalue weighted by atomic mass is 32.2. The SMILES string of the molecule is C[C@H]1CCCCO[C@H](CN(C)Cc2ccc(C(=O)O)cc2)[C@@H](C)CN([C@@H](C)CO)C(=O)c2cc(NS(C)(=O)=O)ccc2O1. The van der Waals surface area contributed by atoms with Crippen LogP contribution in [0.4, 0.5) is 5.69 Å². The maximum atomic E-state index is 14.1.